The van der Waals surface area contributed by atoms with Crippen LogP contribution in [0.4, 0.5) is 13.2 Å². The average Bonchev–Trinajstić information content (AvgIpc) is 3.14. The molecule has 152 valence electrons. The van der Waals surface area contributed by atoms with Crippen molar-refractivity contribution >= 4 is 0 Å². The van der Waals surface area contributed by atoms with E-state index in [0.717, 1.165) is 12.8 Å². The van der Waals surface area contributed by atoms with Gasteiger partial charge in [0, 0.05) is 38.8 Å². The van der Waals surface area contributed by atoms with Crippen molar-refractivity contribution in [1.82, 2.24) is 15.1 Å². The number of alkyl halides is 2. The first-order valence-corrected chi connectivity index (χ1v) is 9.30. The van der Waals surface area contributed by atoms with Gasteiger partial charge >= 0.3 is 6.61 Å². The Balaban J connectivity index is 1.35. The molecule has 0 spiro atoms. The minimum atomic E-state index is -3.04. The molecule has 9 heteroatoms. The van der Waals surface area contributed by atoms with E-state index in [1.807, 2.05) is 0 Å². The SMILES string of the molecule is CC1(c2nnc(C3CCOCC3)o2)CN(Cc2ccc(OC(F)F)c(F)c2)C1. The summed E-state index contributed by atoms with van der Waals surface area (Å²) in [6.45, 7) is 2.33. The molecule has 3 heterocycles. The van der Waals surface area contributed by atoms with E-state index in [1.165, 1.54) is 12.1 Å². The normalized spacial score (nSPS) is 20.3. The molecule has 1 aromatic carbocycles. The number of hydrogen-bond donors (Lipinski definition) is 0. The Morgan fingerprint density at radius 3 is 2.68 bits per heavy atom. The minimum absolute atomic E-state index is 0.242. The zero-order chi connectivity index (χ0) is 19.7. The van der Waals surface area contributed by atoms with E-state index in [9.17, 15) is 13.2 Å². The fourth-order valence-corrected chi connectivity index (χ4v) is 3.87. The molecule has 2 saturated heterocycles. The highest BCUT2D eigenvalue weighted by atomic mass is 19.3. The Hall–Kier alpha value is -2.13. The molecule has 4 rings (SSSR count). The van der Waals surface area contributed by atoms with Crippen molar-refractivity contribution in [3.05, 3.63) is 41.4 Å². The third-order valence-electron chi connectivity index (χ3n) is 5.29. The molecule has 0 radical (unpaired) electrons. The molecule has 0 unspecified atom stereocenters. The second kappa shape index (κ2) is 7.71. The summed E-state index contributed by atoms with van der Waals surface area (Å²) in [7, 11) is 0. The number of aromatic nitrogens is 2. The topological polar surface area (TPSA) is 60.6 Å². The van der Waals surface area contributed by atoms with E-state index >= 15 is 0 Å². The smallest absolute Gasteiger partial charge is 0.387 e. The number of rotatable bonds is 6. The Morgan fingerprint density at radius 2 is 2.00 bits per heavy atom. The van der Waals surface area contributed by atoms with E-state index in [4.69, 9.17) is 9.15 Å². The van der Waals surface area contributed by atoms with Crippen molar-refractivity contribution in [3.8, 4) is 5.75 Å². The summed E-state index contributed by atoms with van der Waals surface area (Å²) < 4.78 is 53.7. The van der Waals surface area contributed by atoms with Gasteiger partial charge in [0.15, 0.2) is 11.6 Å². The number of halogens is 3. The molecule has 2 aliphatic heterocycles. The Kier molecular flexibility index (Phi) is 5.29. The van der Waals surface area contributed by atoms with Gasteiger partial charge in [-0.3, -0.25) is 4.90 Å². The molecule has 0 aliphatic carbocycles. The first-order valence-electron chi connectivity index (χ1n) is 9.30. The van der Waals surface area contributed by atoms with Crippen molar-refractivity contribution in [2.75, 3.05) is 26.3 Å². The van der Waals surface area contributed by atoms with Gasteiger partial charge in [-0.2, -0.15) is 8.78 Å². The van der Waals surface area contributed by atoms with E-state index in [1.54, 1.807) is 6.07 Å². The Morgan fingerprint density at radius 1 is 1.25 bits per heavy atom. The summed E-state index contributed by atoms with van der Waals surface area (Å²) in [4.78, 5) is 2.11. The predicted molar refractivity (Wildman–Crippen MR) is 92.8 cm³/mol. The third kappa shape index (κ3) is 4.00. The third-order valence-corrected chi connectivity index (χ3v) is 5.29. The van der Waals surface area contributed by atoms with Gasteiger partial charge in [-0.05, 0) is 37.5 Å². The molecule has 2 aliphatic rings. The highest BCUT2D eigenvalue weighted by molar-refractivity contribution is 5.30. The maximum atomic E-state index is 13.9. The summed E-state index contributed by atoms with van der Waals surface area (Å²) in [5, 5.41) is 8.47. The zero-order valence-corrected chi connectivity index (χ0v) is 15.5. The van der Waals surface area contributed by atoms with Crippen LogP contribution in [-0.4, -0.2) is 48.0 Å². The summed E-state index contributed by atoms with van der Waals surface area (Å²) >= 11 is 0. The summed E-state index contributed by atoms with van der Waals surface area (Å²) in [5.74, 6) is 0.316. The highest BCUT2D eigenvalue weighted by Crippen LogP contribution is 2.36. The lowest BCUT2D eigenvalue weighted by molar-refractivity contribution is -0.0522. The van der Waals surface area contributed by atoms with E-state index in [-0.39, 0.29) is 11.3 Å². The molecule has 1 aromatic heterocycles. The highest BCUT2D eigenvalue weighted by Gasteiger charge is 2.44. The van der Waals surface area contributed by atoms with Crippen molar-refractivity contribution in [3.63, 3.8) is 0 Å². The summed E-state index contributed by atoms with van der Waals surface area (Å²) in [6, 6.07) is 4.05. The summed E-state index contributed by atoms with van der Waals surface area (Å²) in [5.41, 5.74) is 0.447. The standard InChI is InChI=1S/C19H22F3N3O3/c1-19(17-24-23-16(28-17)13-4-6-26-7-5-13)10-25(11-19)9-12-2-3-15(14(20)8-12)27-18(21)22/h2-3,8,13,18H,4-7,9-11H2,1H3. The van der Waals surface area contributed by atoms with E-state index in [0.29, 0.717) is 50.2 Å². The lowest BCUT2D eigenvalue weighted by Crippen LogP contribution is -2.57. The molecule has 28 heavy (non-hydrogen) atoms. The van der Waals surface area contributed by atoms with Gasteiger partial charge in [-0.1, -0.05) is 6.07 Å². The molecule has 0 bridgehead atoms. The first-order chi connectivity index (χ1) is 13.4. The first kappa shape index (κ1) is 19.2. The van der Waals surface area contributed by atoms with Crippen LogP contribution in [0.1, 0.15) is 43.0 Å². The van der Waals surface area contributed by atoms with Gasteiger partial charge in [0.25, 0.3) is 0 Å². The van der Waals surface area contributed by atoms with E-state index in [2.05, 4.69) is 26.8 Å². The summed E-state index contributed by atoms with van der Waals surface area (Å²) in [6.07, 6.45) is 1.78. The van der Waals surface area contributed by atoms with Crippen molar-refractivity contribution < 1.29 is 27.1 Å². The fourth-order valence-electron chi connectivity index (χ4n) is 3.87. The largest absolute Gasteiger partial charge is 0.432 e. The lowest BCUT2D eigenvalue weighted by atomic mass is 9.81. The molecule has 2 fully saturated rings. The van der Waals surface area contributed by atoms with Crippen LogP contribution in [0.25, 0.3) is 0 Å². The van der Waals surface area contributed by atoms with Crippen LogP contribution >= 0.6 is 0 Å². The number of ether oxygens (including phenoxy) is 2. The van der Waals surface area contributed by atoms with Gasteiger partial charge in [0.2, 0.25) is 11.8 Å². The van der Waals surface area contributed by atoms with Gasteiger partial charge in [-0.25, -0.2) is 4.39 Å². The number of hydrogen-bond acceptors (Lipinski definition) is 6. The number of likely N-dealkylation sites (tertiary alicyclic amines) is 1. The second-order valence-corrected chi connectivity index (χ2v) is 7.68. The second-order valence-electron chi connectivity index (χ2n) is 7.68. The molecule has 0 amide bonds. The monoisotopic (exact) mass is 397 g/mol. The average molecular weight is 397 g/mol. The van der Waals surface area contributed by atoms with Crippen LogP contribution in [0, 0.1) is 5.82 Å². The molecule has 2 aromatic rings. The van der Waals surface area contributed by atoms with Crippen LogP contribution in [0.2, 0.25) is 0 Å². The minimum Gasteiger partial charge on any atom is -0.432 e. The Bertz CT molecular complexity index is 818. The quantitative estimate of drug-likeness (QED) is 0.744. The fraction of sp³-hybridized carbons (Fsp3) is 0.579. The van der Waals surface area contributed by atoms with Crippen molar-refractivity contribution in [2.24, 2.45) is 0 Å². The van der Waals surface area contributed by atoms with Crippen molar-refractivity contribution in [1.29, 1.82) is 0 Å². The van der Waals surface area contributed by atoms with Gasteiger partial charge in [0.1, 0.15) is 0 Å². The van der Waals surface area contributed by atoms with Crippen LogP contribution in [-0.2, 0) is 16.7 Å². The Labute approximate surface area is 160 Å². The number of benzene rings is 1. The van der Waals surface area contributed by atoms with Crippen LogP contribution in [0.15, 0.2) is 22.6 Å². The van der Waals surface area contributed by atoms with Gasteiger partial charge in [0.05, 0.1) is 5.41 Å². The lowest BCUT2D eigenvalue weighted by Gasteiger charge is -2.45. The molecule has 0 atom stereocenters. The van der Waals surface area contributed by atoms with Crippen LogP contribution in [0.3, 0.4) is 0 Å². The predicted octanol–water partition coefficient (Wildman–Crippen LogP) is 3.48. The van der Waals surface area contributed by atoms with Gasteiger partial charge < -0.3 is 13.9 Å². The maximum absolute atomic E-state index is 13.9. The van der Waals surface area contributed by atoms with Gasteiger partial charge in [-0.15, -0.1) is 10.2 Å². The molecule has 6 nitrogen and oxygen atoms in total. The van der Waals surface area contributed by atoms with Crippen LogP contribution in [0.5, 0.6) is 5.75 Å². The maximum Gasteiger partial charge on any atom is 0.387 e. The molecule has 0 N–H and O–H groups in total. The van der Waals surface area contributed by atoms with E-state index < -0.39 is 18.2 Å². The molecular formula is C19H22F3N3O3. The molecule has 0 saturated carbocycles. The number of nitrogens with zero attached hydrogens (tertiary/aromatic N) is 3. The molecular weight excluding hydrogens is 375 g/mol. The zero-order valence-electron chi connectivity index (χ0n) is 15.5. The van der Waals surface area contributed by atoms with Crippen molar-refractivity contribution in [2.45, 2.75) is 44.3 Å². The van der Waals surface area contributed by atoms with Crippen LogP contribution < -0.4 is 4.74 Å².